The molecule has 0 bridgehead atoms. The van der Waals surface area contributed by atoms with Crippen LogP contribution in [0.25, 0.3) is 0 Å². The maximum absolute atomic E-state index is 10.7. The molecule has 3 N–H and O–H groups in total. The number of aliphatic hydroxyl groups is 1. The predicted molar refractivity (Wildman–Crippen MR) is 86.0 cm³/mol. The average Bonchev–Trinajstić information content (AvgIpc) is 2.50. The van der Waals surface area contributed by atoms with Crippen LogP contribution < -0.4 is 5.32 Å². The second-order valence-corrected chi connectivity index (χ2v) is 5.14. The molecule has 2 aromatic rings. The summed E-state index contributed by atoms with van der Waals surface area (Å²) in [5.41, 5.74) is 1.03. The van der Waals surface area contributed by atoms with E-state index in [-0.39, 0.29) is 11.7 Å². The molecule has 112 valence electrons. The number of carbonyl (C=O) groups is 1. The van der Waals surface area contributed by atoms with E-state index in [0.717, 1.165) is 10.0 Å². The van der Waals surface area contributed by atoms with E-state index in [1.165, 1.54) is 0 Å². The lowest BCUT2D eigenvalue weighted by molar-refractivity contribution is -0.123. The van der Waals surface area contributed by atoms with Gasteiger partial charge in [-0.3, -0.25) is 4.79 Å². The summed E-state index contributed by atoms with van der Waals surface area (Å²) in [5, 5.41) is 20.0. The molecule has 0 saturated carbocycles. The van der Waals surface area contributed by atoms with Gasteiger partial charge in [-0.15, -0.1) is 0 Å². The Balaban J connectivity index is 0.000000262. The molecule has 0 aliphatic carbocycles. The molecule has 1 amide bonds. The highest BCUT2D eigenvalue weighted by atomic mass is 79.9. The lowest BCUT2D eigenvalue weighted by atomic mass is 10.1. The van der Waals surface area contributed by atoms with Crippen molar-refractivity contribution in [2.75, 3.05) is 13.2 Å². The maximum Gasteiger partial charge on any atom is 0.245 e. The molecule has 0 heterocycles. The van der Waals surface area contributed by atoms with Crippen LogP contribution in [0.2, 0.25) is 0 Å². The van der Waals surface area contributed by atoms with Gasteiger partial charge in [-0.2, -0.15) is 0 Å². The van der Waals surface area contributed by atoms with E-state index in [1.54, 1.807) is 24.3 Å². The van der Waals surface area contributed by atoms with Gasteiger partial charge in [0.2, 0.25) is 5.91 Å². The number of hydrogen-bond acceptors (Lipinski definition) is 3. The third kappa shape index (κ3) is 8.12. The summed E-state index contributed by atoms with van der Waals surface area (Å²) < 4.78 is 1.13. The molecule has 0 spiro atoms. The SMILES string of the molecule is Brc1ccccc1.O=C(CO)NCCc1ccc(O)cc1. The fourth-order valence-electron chi connectivity index (χ4n) is 1.48. The number of halogens is 1. The van der Waals surface area contributed by atoms with Crippen LogP contribution in [0, 0.1) is 0 Å². The third-order valence-corrected chi connectivity index (χ3v) is 3.08. The molecule has 0 fully saturated rings. The van der Waals surface area contributed by atoms with Crippen molar-refractivity contribution in [3.8, 4) is 5.75 Å². The van der Waals surface area contributed by atoms with Crippen molar-refractivity contribution in [1.29, 1.82) is 0 Å². The highest BCUT2D eigenvalue weighted by molar-refractivity contribution is 9.10. The van der Waals surface area contributed by atoms with Gasteiger partial charge >= 0.3 is 0 Å². The van der Waals surface area contributed by atoms with Crippen molar-refractivity contribution >= 4 is 21.8 Å². The van der Waals surface area contributed by atoms with E-state index in [1.807, 2.05) is 30.3 Å². The Labute approximate surface area is 132 Å². The molecule has 0 unspecified atom stereocenters. The number of aliphatic hydroxyl groups excluding tert-OH is 1. The summed E-state index contributed by atoms with van der Waals surface area (Å²) in [5.74, 6) is -0.142. The predicted octanol–water partition coefficient (Wildman–Crippen LogP) is 2.49. The van der Waals surface area contributed by atoms with E-state index in [2.05, 4.69) is 21.2 Å². The number of phenols is 1. The number of amides is 1. The highest BCUT2D eigenvalue weighted by Gasteiger charge is 1.97. The molecule has 2 rings (SSSR count). The quantitative estimate of drug-likeness (QED) is 0.792. The highest BCUT2D eigenvalue weighted by Crippen LogP contribution is 2.09. The molecule has 5 heteroatoms. The van der Waals surface area contributed by atoms with Crippen molar-refractivity contribution in [3.05, 3.63) is 64.6 Å². The molecule has 2 aromatic carbocycles. The van der Waals surface area contributed by atoms with E-state index in [9.17, 15) is 4.79 Å². The normalized spacial score (nSPS) is 9.43. The van der Waals surface area contributed by atoms with E-state index >= 15 is 0 Å². The van der Waals surface area contributed by atoms with Gasteiger partial charge in [0, 0.05) is 11.0 Å². The van der Waals surface area contributed by atoms with Crippen molar-refractivity contribution in [3.63, 3.8) is 0 Å². The Kier molecular flexibility index (Phi) is 8.16. The second-order valence-electron chi connectivity index (χ2n) is 4.22. The minimum absolute atomic E-state index is 0.230. The monoisotopic (exact) mass is 351 g/mol. The molecular formula is C16H18BrNO3. The molecule has 0 radical (unpaired) electrons. The molecule has 0 saturated heterocycles. The number of benzene rings is 2. The Morgan fingerprint density at radius 3 is 2.14 bits per heavy atom. The van der Waals surface area contributed by atoms with Crippen LogP contribution in [0.4, 0.5) is 0 Å². The summed E-state index contributed by atoms with van der Waals surface area (Å²) in [6.07, 6.45) is 0.687. The summed E-state index contributed by atoms with van der Waals surface area (Å²) >= 11 is 3.31. The van der Waals surface area contributed by atoms with Crippen molar-refractivity contribution in [2.24, 2.45) is 0 Å². The van der Waals surface area contributed by atoms with Crippen LogP contribution in [-0.2, 0) is 11.2 Å². The average molecular weight is 352 g/mol. The number of phenolic OH excluding ortho intramolecular Hbond substituents is 1. The third-order valence-electron chi connectivity index (χ3n) is 2.55. The zero-order valence-electron chi connectivity index (χ0n) is 11.5. The molecule has 0 aromatic heterocycles. The Hall–Kier alpha value is -1.85. The van der Waals surface area contributed by atoms with Crippen LogP contribution in [0.3, 0.4) is 0 Å². The fraction of sp³-hybridized carbons (Fsp3) is 0.188. The first kappa shape index (κ1) is 17.2. The molecule has 0 aliphatic heterocycles. The largest absolute Gasteiger partial charge is 0.508 e. The Morgan fingerprint density at radius 2 is 1.67 bits per heavy atom. The maximum atomic E-state index is 10.7. The van der Waals surface area contributed by atoms with Crippen LogP contribution in [-0.4, -0.2) is 29.3 Å². The second kappa shape index (κ2) is 9.96. The first-order valence-corrected chi connectivity index (χ1v) is 7.27. The molecule has 21 heavy (non-hydrogen) atoms. The van der Waals surface area contributed by atoms with E-state index in [4.69, 9.17) is 10.2 Å². The summed E-state index contributed by atoms with van der Waals surface area (Å²) in [6.45, 7) is 0.0136. The first-order chi connectivity index (χ1) is 10.1. The summed E-state index contributed by atoms with van der Waals surface area (Å²) in [7, 11) is 0. The van der Waals surface area contributed by atoms with Gasteiger partial charge in [-0.05, 0) is 36.2 Å². The number of carbonyl (C=O) groups excluding carboxylic acids is 1. The Morgan fingerprint density at radius 1 is 1.05 bits per heavy atom. The lowest BCUT2D eigenvalue weighted by Gasteiger charge is -2.03. The van der Waals surface area contributed by atoms with Crippen LogP contribution in [0.15, 0.2) is 59.1 Å². The number of rotatable bonds is 4. The standard InChI is InChI=1S/C10H13NO3.C6H5Br/c12-7-10(14)11-6-5-8-1-3-9(13)4-2-8;7-6-4-2-1-3-5-6/h1-4,12-13H,5-7H2,(H,11,14);1-5H. The van der Waals surface area contributed by atoms with Gasteiger partial charge < -0.3 is 15.5 Å². The van der Waals surface area contributed by atoms with Crippen LogP contribution in [0.5, 0.6) is 5.75 Å². The molecule has 4 nitrogen and oxygen atoms in total. The van der Waals surface area contributed by atoms with E-state index in [0.29, 0.717) is 13.0 Å². The number of hydrogen-bond donors (Lipinski definition) is 3. The topological polar surface area (TPSA) is 69.6 Å². The van der Waals surface area contributed by atoms with Gasteiger partial charge in [-0.25, -0.2) is 0 Å². The smallest absolute Gasteiger partial charge is 0.245 e. The summed E-state index contributed by atoms with van der Waals surface area (Å²) in [6, 6.07) is 16.8. The van der Waals surface area contributed by atoms with Gasteiger partial charge in [0.05, 0.1) is 0 Å². The molecule has 0 atom stereocenters. The van der Waals surface area contributed by atoms with E-state index < -0.39 is 6.61 Å². The number of aromatic hydroxyl groups is 1. The zero-order valence-corrected chi connectivity index (χ0v) is 13.1. The lowest BCUT2D eigenvalue weighted by Crippen LogP contribution is -2.28. The van der Waals surface area contributed by atoms with Crippen molar-refractivity contribution in [2.45, 2.75) is 6.42 Å². The van der Waals surface area contributed by atoms with Crippen molar-refractivity contribution in [1.82, 2.24) is 5.32 Å². The molecular weight excluding hydrogens is 334 g/mol. The van der Waals surface area contributed by atoms with Crippen LogP contribution in [0.1, 0.15) is 5.56 Å². The van der Waals surface area contributed by atoms with Gasteiger partial charge in [-0.1, -0.05) is 46.3 Å². The van der Waals surface area contributed by atoms with Gasteiger partial charge in [0.25, 0.3) is 0 Å². The fourth-order valence-corrected chi connectivity index (χ4v) is 1.78. The zero-order chi connectivity index (χ0) is 15.5. The van der Waals surface area contributed by atoms with Gasteiger partial charge in [0.15, 0.2) is 0 Å². The minimum Gasteiger partial charge on any atom is -0.508 e. The van der Waals surface area contributed by atoms with Gasteiger partial charge in [0.1, 0.15) is 12.4 Å². The Bertz CT molecular complexity index is 529. The number of nitrogens with one attached hydrogen (secondary N) is 1. The van der Waals surface area contributed by atoms with Crippen LogP contribution >= 0.6 is 15.9 Å². The summed E-state index contributed by atoms with van der Waals surface area (Å²) in [4.78, 5) is 10.7. The molecule has 0 aliphatic rings. The first-order valence-electron chi connectivity index (χ1n) is 6.48. The minimum atomic E-state index is -0.477. The van der Waals surface area contributed by atoms with Crippen molar-refractivity contribution < 1.29 is 15.0 Å².